The van der Waals surface area contributed by atoms with E-state index in [1.807, 2.05) is 0 Å². The van der Waals surface area contributed by atoms with Crippen LogP contribution in [0.15, 0.2) is 16.5 Å². The monoisotopic (exact) mass is 253 g/mol. The summed E-state index contributed by atoms with van der Waals surface area (Å²) in [5, 5.41) is 0. The second-order valence-electron chi connectivity index (χ2n) is 4.73. The number of hydrogen-bond acceptors (Lipinski definition) is 4. The molecule has 0 spiro atoms. The smallest absolute Gasteiger partial charge is 0.118 e. The van der Waals surface area contributed by atoms with Gasteiger partial charge in [-0.25, -0.2) is 0 Å². The molecule has 2 heterocycles. The van der Waals surface area contributed by atoms with Crippen LogP contribution in [0.4, 0.5) is 0 Å². The third kappa shape index (κ3) is 3.83. The molecule has 1 aliphatic heterocycles. The average Bonchev–Trinajstić information content (AvgIpc) is 2.84. The van der Waals surface area contributed by atoms with Gasteiger partial charge in [0.1, 0.15) is 11.5 Å². The van der Waals surface area contributed by atoms with Crippen LogP contribution in [0, 0.1) is 0 Å². The van der Waals surface area contributed by atoms with Gasteiger partial charge in [-0.15, -0.1) is 0 Å². The third-order valence-corrected chi connectivity index (χ3v) is 3.31. The van der Waals surface area contributed by atoms with E-state index in [0.29, 0.717) is 6.10 Å². The fraction of sp³-hybridized carbons (Fsp3) is 0.714. The van der Waals surface area contributed by atoms with Crippen LogP contribution < -0.4 is 0 Å². The van der Waals surface area contributed by atoms with Crippen LogP contribution >= 0.6 is 0 Å². The van der Waals surface area contributed by atoms with E-state index in [1.54, 1.807) is 7.11 Å². The highest BCUT2D eigenvalue weighted by molar-refractivity contribution is 5.07. The zero-order valence-corrected chi connectivity index (χ0v) is 11.4. The van der Waals surface area contributed by atoms with Crippen molar-refractivity contribution in [3.05, 3.63) is 23.7 Å². The van der Waals surface area contributed by atoms with Gasteiger partial charge >= 0.3 is 0 Å². The van der Waals surface area contributed by atoms with Crippen molar-refractivity contribution in [3.8, 4) is 0 Å². The van der Waals surface area contributed by atoms with Gasteiger partial charge in [0, 0.05) is 33.2 Å². The molecule has 2 rings (SSSR count). The summed E-state index contributed by atoms with van der Waals surface area (Å²) in [6.07, 6.45) is 2.21. The molecule has 1 saturated heterocycles. The first-order valence-corrected chi connectivity index (χ1v) is 6.72. The number of furan rings is 1. The van der Waals surface area contributed by atoms with Crippen LogP contribution in [0.1, 0.15) is 24.9 Å². The van der Waals surface area contributed by atoms with Gasteiger partial charge in [-0.2, -0.15) is 0 Å². The lowest BCUT2D eigenvalue weighted by molar-refractivity contribution is -0.0448. The summed E-state index contributed by atoms with van der Waals surface area (Å²) in [5.41, 5.74) is 0. The van der Waals surface area contributed by atoms with Gasteiger partial charge in [-0.1, -0.05) is 6.92 Å². The molecule has 4 heteroatoms. The van der Waals surface area contributed by atoms with Crippen LogP contribution in [0.2, 0.25) is 0 Å². The fourth-order valence-corrected chi connectivity index (χ4v) is 2.27. The quantitative estimate of drug-likeness (QED) is 0.777. The summed E-state index contributed by atoms with van der Waals surface area (Å²) in [6, 6.07) is 4.15. The molecule has 0 aliphatic carbocycles. The molecule has 0 amide bonds. The van der Waals surface area contributed by atoms with E-state index in [2.05, 4.69) is 24.0 Å². The largest absolute Gasteiger partial charge is 0.465 e. The first-order chi connectivity index (χ1) is 8.81. The molecular formula is C14H23NO3. The number of ether oxygens (including phenoxy) is 2. The number of aryl methyl sites for hydroxylation is 1. The number of morpholine rings is 1. The minimum absolute atomic E-state index is 0.291. The van der Waals surface area contributed by atoms with Crippen LogP contribution in [0.5, 0.6) is 0 Å². The average molecular weight is 253 g/mol. The van der Waals surface area contributed by atoms with Gasteiger partial charge < -0.3 is 13.9 Å². The fourth-order valence-electron chi connectivity index (χ4n) is 2.27. The first-order valence-electron chi connectivity index (χ1n) is 6.72. The number of nitrogens with zero attached hydrogens (tertiary/aromatic N) is 1. The van der Waals surface area contributed by atoms with Crippen molar-refractivity contribution in [3.63, 3.8) is 0 Å². The molecule has 0 N–H and O–H groups in total. The minimum atomic E-state index is 0.291. The topological polar surface area (TPSA) is 34.8 Å². The maximum Gasteiger partial charge on any atom is 0.118 e. The molecule has 1 aliphatic rings. The predicted molar refractivity (Wildman–Crippen MR) is 69.6 cm³/mol. The number of rotatable bonds is 6. The Morgan fingerprint density at radius 1 is 1.39 bits per heavy atom. The Labute approximate surface area is 109 Å². The molecule has 18 heavy (non-hydrogen) atoms. The van der Waals surface area contributed by atoms with Crippen molar-refractivity contribution < 1.29 is 13.9 Å². The lowest BCUT2D eigenvalue weighted by Crippen LogP contribution is -2.42. The van der Waals surface area contributed by atoms with Gasteiger partial charge in [0.25, 0.3) is 0 Å². The zero-order chi connectivity index (χ0) is 12.8. The second-order valence-corrected chi connectivity index (χ2v) is 4.73. The van der Waals surface area contributed by atoms with Crippen molar-refractivity contribution in [2.45, 2.75) is 32.4 Å². The van der Waals surface area contributed by atoms with Gasteiger partial charge in [-0.3, -0.25) is 4.90 Å². The van der Waals surface area contributed by atoms with Crippen molar-refractivity contribution >= 4 is 0 Å². The molecule has 4 nitrogen and oxygen atoms in total. The summed E-state index contributed by atoms with van der Waals surface area (Å²) in [4.78, 5) is 2.39. The molecule has 0 bridgehead atoms. The molecule has 0 aromatic carbocycles. The summed E-state index contributed by atoms with van der Waals surface area (Å²) >= 11 is 0. The molecule has 1 aromatic heterocycles. The molecule has 1 aromatic rings. The van der Waals surface area contributed by atoms with Gasteiger partial charge in [0.15, 0.2) is 0 Å². The molecule has 0 unspecified atom stereocenters. The third-order valence-electron chi connectivity index (χ3n) is 3.31. The summed E-state index contributed by atoms with van der Waals surface area (Å²) < 4.78 is 16.6. The Bertz CT molecular complexity index is 351. The van der Waals surface area contributed by atoms with Gasteiger partial charge in [-0.05, 0) is 18.6 Å². The van der Waals surface area contributed by atoms with Crippen molar-refractivity contribution in [2.24, 2.45) is 0 Å². The van der Waals surface area contributed by atoms with Crippen LogP contribution in [0.25, 0.3) is 0 Å². The first kappa shape index (κ1) is 13.6. The van der Waals surface area contributed by atoms with Crippen LogP contribution in [-0.2, 0) is 22.4 Å². The Kier molecular flexibility index (Phi) is 5.23. The molecule has 1 atom stereocenters. The van der Waals surface area contributed by atoms with Crippen molar-refractivity contribution in [1.29, 1.82) is 0 Å². The minimum Gasteiger partial charge on any atom is -0.465 e. The van der Waals surface area contributed by atoms with E-state index in [4.69, 9.17) is 13.9 Å². The lowest BCUT2D eigenvalue weighted by atomic mass is 10.2. The maximum atomic E-state index is 5.74. The summed E-state index contributed by atoms with van der Waals surface area (Å²) in [7, 11) is 1.73. The maximum absolute atomic E-state index is 5.74. The van der Waals surface area contributed by atoms with Crippen LogP contribution in [0.3, 0.4) is 0 Å². The van der Waals surface area contributed by atoms with E-state index in [0.717, 1.165) is 57.2 Å². The number of methoxy groups -OCH3 is 1. The van der Waals surface area contributed by atoms with E-state index in [9.17, 15) is 0 Å². The highest BCUT2D eigenvalue weighted by Crippen LogP contribution is 2.15. The predicted octanol–water partition coefficient (Wildman–Crippen LogP) is 2.08. The Morgan fingerprint density at radius 2 is 2.22 bits per heavy atom. The highest BCUT2D eigenvalue weighted by Gasteiger charge is 2.20. The highest BCUT2D eigenvalue weighted by atomic mass is 16.5. The van der Waals surface area contributed by atoms with Crippen LogP contribution in [-0.4, -0.2) is 44.4 Å². The number of hydrogen-bond donors (Lipinski definition) is 0. The van der Waals surface area contributed by atoms with Crippen molar-refractivity contribution in [2.75, 3.05) is 33.4 Å². The van der Waals surface area contributed by atoms with E-state index >= 15 is 0 Å². The molecular weight excluding hydrogens is 230 g/mol. The molecule has 1 fully saturated rings. The van der Waals surface area contributed by atoms with Crippen molar-refractivity contribution in [1.82, 2.24) is 4.90 Å². The van der Waals surface area contributed by atoms with Gasteiger partial charge in [0.05, 0.1) is 19.3 Å². The SMILES string of the molecule is CCc1ccc(CN2CCO[C@H](CCOC)C2)o1. The zero-order valence-electron chi connectivity index (χ0n) is 11.4. The van der Waals surface area contributed by atoms with Gasteiger partial charge in [0.2, 0.25) is 0 Å². The normalized spacial score (nSPS) is 21.3. The molecule has 102 valence electrons. The Balaban J connectivity index is 1.81. The van der Waals surface area contributed by atoms with E-state index in [-0.39, 0.29) is 0 Å². The lowest BCUT2D eigenvalue weighted by Gasteiger charge is -2.32. The Hall–Kier alpha value is -0.840. The summed E-state index contributed by atoms with van der Waals surface area (Å²) in [5.74, 6) is 2.12. The van der Waals surface area contributed by atoms with E-state index < -0.39 is 0 Å². The molecule has 0 radical (unpaired) electrons. The van der Waals surface area contributed by atoms with E-state index in [1.165, 1.54) is 0 Å². The second kappa shape index (κ2) is 6.92. The standard InChI is InChI=1S/C14H23NO3/c1-3-12-4-5-14(18-12)11-15-7-9-17-13(10-15)6-8-16-2/h4-5,13H,3,6-11H2,1-2H3/t13-/m1/s1. The molecule has 0 saturated carbocycles. The summed E-state index contributed by atoms with van der Waals surface area (Å²) in [6.45, 7) is 6.50. The Morgan fingerprint density at radius 3 is 2.94 bits per heavy atom.